The van der Waals surface area contributed by atoms with Gasteiger partial charge in [-0.2, -0.15) is 0 Å². The minimum atomic E-state index is 0.0463. The van der Waals surface area contributed by atoms with Gasteiger partial charge in [0.05, 0.1) is 24.5 Å². The van der Waals surface area contributed by atoms with Gasteiger partial charge >= 0.3 is 0 Å². The molecule has 0 unspecified atom stereocenters. The van der Waals surface area contributed by atoms with Crippen LogP contribution in [0.1, 0.15) is 31.2 Å². The highest BCUT2D eigenvalue weighted by molar-refractivity contribution is 5.79. The smallest absolute Gasteiger partial charge is 0.224 e. The Balaban J connectivity index is 1.41. The molecule has 1 saturated carbocycles. The molecule has 1 aromatic rings. The highest BCUT2D eigenvalue weighted by Crippen LogP contribution is 2.33. The van der Waals surface area contributed by atoms with Gasteiger partial charge in [-0.3, -0.25) is 9.69 Å². The van der Waals surface area contributed by atoms with Crippen LogP contribution in [0.5, 0.6) is 0 Å². The molecule has 3 atom stereocenters. The minimum absolute atomic E-state index is 0.0463. The normalized spacial score (nSPS) is 31.9. The maximum atomic E-state index is 12.5. The van der Waals surface area contributed by atoms with Crippen molar-refractivity contribution in [3.63, 3.8) is 0 Å². The number of ether oxygens (including phenoxy) is 1. The molecule has 0 radical (unpaired) electrons. The van der Waals surface area contributed by atoms with E-state index in [1.165, 1.54) is 18.4 Å². The van der Waals surface area contributed by atoms with E-state index in [4.69, 9.17) is 9.15 Å². The van der Waals surface area contributed by atoms with E-state index >= 15 is 0 Å². The van der Waals surface area contributed by atoms with Gasteiger partial charge < -0.3 is 14.5 Å². The maximum absolute atomic E-state index is 12.5. The quantitative estimate of drug-likeness (QED) is 0.901. The molecule has 0 spiro atoms. The molecule has 5 nitrogen and oxygen atoms in total. The third kappa shape index (κ3) is 3.06. The predicted molar refractivity (Wildman–Crippen MR) is 81.1 cm³/mol. The molecule has 0 bridgehead atoms. The molecule has 3 fully saturated rings. The standard InChI is InChI=1S/C17H24N2O3/c20-17(18-8-12-1-2-12)14-7-16-15(4-6-22-16)19(10-14)9-13-3-5-21-11-13/h3,5,11-12,14-16H,1-2,4,6-10H2,(H,18,20)/t14-,15+,16+/m1/s1. The van der Waals surface area contributed by atoms with Gasteiger partial charge in [-0.05, 0) is 37.7 Å². The number of nitrogens with one attached hydrogen (secondary N) is 1. The summed E-state index contributed by atoms with van der Waals surface area (Å²) in [6.07, 6.45) is 8.18. The number of hydrogen-bond donors (Lipinski definition) is 1. The van der Waals surface area contributed by atoms with Gasteiger partial charge in [0.25, 0.3) is 0 Å². The molecule has 22 heavy (non-hydrogen) atoms. The summed E-state index contributed by atoms with van der Waals surface area (Å²) in [6.45, 7) is 3.33. The number of piperidine rings is 1. The van der Waals surface area contributed by atoms with Gasteiger partial charge in [-0.15, -0.1) is 0 Å². The van der Waals surface area contributed by atoms with Crippen molar-refractivity contribution in [2.24, 2.45) is 11.8 Å². The zero-order valence-electron chi connectivity index (χ0n) is 12.9. The first-order valence-electron chi connectivity index (χ1n) is 8.44. The number of hydrogen-bond acceptors (Lipinski definition) is 4. The maximum Gasteiger partial charge on any atom is 0.224 e. The number of nitrogens with zero attached hydrogens (tertiary/aromatic N) is 1. The predicted octanol–water partition coefficient (Wildman–Crippen LogP) is 1.79. The van der Waals surface area contributed by atoms with Crippen molar-refractivity contribution in [3.8, 4) is 0 Å². The first-order valence-corrected chi connectivity index (χ1v) is 8.44. The van der Waals surface area contributed by atoms with Gasteiger partial charge in [-0.1, -0.05) is 0 Å². The Hall–Kier alpha value is -1.33. The fourth-order valence-corrected chi connectivity index (χ4v) is 3.75. The molecule has 1 N–H and O–H groups in total. The van der Waals surface area contributed by atoms with Crippen LogP contribution in [-0.4, -0.2) is 42.6 Å². The molecule has 2 saturated heterocycles. The third-order valence-corrected chi connectivity index (χ3v) is 5.21. The largest absolute Gasteiger partial charge is 0.472 e. The van der Waals surface area contributed by atoms with Crippen LogP contribution in [0.3, 0.4) is 0 Å². The molecule has 1 amide bonds. The Labute approximate surface area is 131 Å². The van der Waals surface area contributed by atoms with Gasteiger partial charge in [0.1, 0.15) is 0 Å². The van der Waals surface area contributed by atoms with Crippen LogP contribution < -0.4 is 5.32 Å². The summed E-state index contributed by atoms with van der Waals surface area (Å²) in [7, 11) is 0. The number of amides is 1. The summed E-state index contributed by atoms with van der Waals surface area (Å²) in [5.74, 6) is 0.980. The van der Waals surface area contributed by atoms with Crippen LogP contribution in [0, 0.1) is 11.8 Å². The first kappa shape index (κ1) is 14.3. The zero-order chi connectivity index (χ0) is 14.9. The second-order valence-electron chi connectivity index (χ2n) is 6.95. The second kappa shape index (κ2) is 6.05. The lowest BCUT2D eigenvalue weighted by molar-refractivity contribution is -0.129. The van der Waals surface area contributed by atoms with E-state index in [-0.39, 0.29) is 17.9 Å². The van der Waals surface area contributed by atoms with E-state index in [2.05, 4.69) is 10.2 Å². The van der Waals surface area contributed by atoms with Gasteiger partial charge in [0.15, 0.2) is 0 Å². The van der Waals surface area contributed by atoms with Crippen LogP contribution in [0.2, 0.25) is 0 Å². The minimum Gasteiger partial charge on any atom is -0.472 e. The van der Waals surface area contributed by atoms with Gasteiger partial charge in [0, 0.05) is 37.8 Å². The molecule has 1 aliphatic carbocycles. The molecule has 0 aromatic carbocycles. The van der Waals surface area contributed by atoms with Gasteiger partial charge in [0.2, 0.25) is 5.91 Å². The summed E-state index contributed by atoms with van der Waals surface area (Å²) in [6, 6.07) is 2.45. The molecule has 5 heteroatoms. The average molecular weight is 304 g/mol. The Morgan fingerprint density at radius 2 is 2.27 bits per heavy atom. The van der Waals surface area contributed by atoms with Crippen molar-refractivity contribution in [1.82, 2.24) is 10.2 Å². The fourth-order valence-electron chi connectivity index (χ4n) is 3.75. The molecular weight excluding hydrogens is 280 g/mol. The fraction of sp³-hybridized carbons (Fsp3) is 0.706. The zero-order valence-corrected chi connectivity index (χ0v) is 12.9. The van der Waals surface area contributed by atoms with Crippen molar-refractivity contribution in [2.45, 2.75) is 44.4 Å². The SMILES string of the molecule is O=C(NCC1CC1)[C@@H]1C[C@@H]2OCC[C@@H]2N(Cc2ccoc2)C1. The summed E-state index contributed by atoms with van der Waals surface area (Å²) < 4.78 is 11.1. The van der Waals surface area contributed by atoms with Crippen LogP contribution in [0.15, 0.2) is 23.0 Å². The monoisotopic (exact) mass is 304 g/mol. The third-order valence-electron chi connectivity index (χ3n) is 5.21. The highest BCUT2D eigenvalue weighted by Gasteiger charge is 2.42. The summed E-state index contributed by atoms with van der Waals surface area (Å²) in [4.78, 5) is 14.9. The van der Waals surface area contributed by atoms with Crippen molar-refractivity contribution in [2.75, 3.05) is 19.7 Å². The molecule has 1 aromatic heterocycles. The highest BCUT2D eigenvalue weighted by atomic mass is 16.5. The summed E-state index contributed by atoms with van der Waals surface area (Å²) in [5.41, 5.74) is 1.17. The number of fused-ring (bicyclic) bond motifs is 1. The number of carbonyl (C=O) groups is 1. The summed E-state index contributed by atoms with van der Waals surface area (Å²) >= 11 is 0. The van der Waals surface area contributed by atoms with E-state index < -0.39 is 0 Å². The van der Waals surface area contributed by atoms with Crippen LogP contribution in [0.4, 0.5) is 0 Å². The van der Waals surface area contributed by atoms with Crippen molar-refractivity contribution in [1.29, 1.82) is 0 Å². The topological polar surface area (TPSA) is 54.7 Å². The van der Waals surface area contributed by atoms with E-state index in [0.29, 0.717) is 6.04 Å². The molecule has 3 aliphatic rings. The average Bonchev–Trinajstić information content (AvgIpc) is 3.00. The molecular formula is C17H24N2O3. The Kier molecular flexibility index (Phi) is 3.92. The molecule has 2 aliphatic heterocycles. The molecule has 120 valence electrons. The Morgan fingerprint density at radius 1 is 1.36 bits per heavy atom. The number of carbonyl (C=O) groups excluding carboxylic acids is 1. The van der Waals surface area contributed by atoms with Crippen molar-refractivity contribution < 1.29 is 13.9 Å². The molecule has 4 rings (SSSR count). The van der Waals surface area contributed by atoms with Crippen LogP contribution >= 0.6 is 0 Å². The number of furan rings is 1. The van der Waals surface area contributed by atoms with E-state index in [9.17, 15) is 4.79 Å². The number of likely N-dealkylation sites (tertiary alicyclic amines) is 1. The van der Waals surface area contributed by atoms with E-state index in [1.807, 2.05) is 6.07 Å². The lowest BCUT2D eigenvalue weighted by atomic mass is 9.89. The van der Waals surface area contributed by atoms with Gasteiger partial charge in [-0.25, -0.2) is 0 Å². The van der Waals surface area contributed by atoms with Crippen molar-refractivity contribution in [3.05, 3.63) is 24.2 Å². The van der Waals surface area contributed by atoms with E-state index in [0.717, 1.165) is 45.0 Å². The van der Waals surface area contributed by atoms with Crippen LogP contribution in [0.25, 0.3) is 0 Å². The van der Waals surface area contributed by atoms with Crippen molar-refractivity contribution >= 4 is 5.91 Å². The first-order chi connectivity index (χ1) is 10.8. The lowest BCUT2D eigenvalue weighted by Gasteiger charge is -2.40. The number of rotatable bonds is 5. The Morgan fingerprint density at radius 3 is 3.05 bits per heavy atom. The second-order valence-corrected chi connectivity index (χ2v) is 6.95. The lowest BCUT2D eigenvalue weighted by Crippen LogP contribution is -2.52. The Bertz CT molecular complexity index is 512. The van der Waals surface area contributed by atoms with E-state index in [1.54, 1.807) is 12.5 Å². The van der Waals surface area contributed by atoms with Crippen LogP contribution in [-0.2, 0) is 16.1 Å². The molecule has 3 heterocycles. The summed E-state index contributed by atoms with van der Waals surface area (Å²) in [5, 5.41) is 3.13.